The zero-order valence-corrected chi connectivity index (χ0v) is 18.2. The Morgan fingerprint density at radius 2 is 2.13 bits per heavy atom. The van der Waals surface area contributed by atoms with E-state index in [0.717, 1.165) is 28.7 Å². The Morgan fingerprint density at radius 1 is 1.32 bits per heavy atom. The summed E-state index contributed by atoms with van der Waals surface area (Å²) in [5.74, 6) is 0.424. The van der Waals surface area contributed by atoms with Crippen LogP contribution in [0.5, 0.6) is 5.75 Å². The molecule has 8 heteroatoms. The van der Waals surface area contributed by atoms with Crippen LogP contribution in [0.2, 0.25) is 0 Å². The Hall–Kier alpha value is -3.26. The van der Waals surface area contributed by atoms with Gasteiger partial charge in [-0.15, -0.1) is 0 Å². The molecule has 4 rings (SSSR count). The van der Waals surface area contributed by atoms with Crippen molar-refractivity contribution in [2.45, 2.75) is 45.4 Å². The molecule has 1 aliphatic heterocycles. The van der Waals surface area contributed by atoms with Crippen LogP contribution in [0.1, 0.15) is 48.4 Å². The molecule has 3 aromatic heterocycles. The lowest BCUT2D eigenvalue weighted by molar-refractivity contribution is -0.0596. The summed E-state index contributed by atoms with van der Waals surface area (Å²) in [5.41, 5.74) is 3.67. The number of carbonyl (C=O) groups is 1. The number of carbonyl (C=O) groups excluding carboxylic acids is 1. The number of aromatic nitrogens is 3. The fourth-order valence-corrected chi connectivity index (χ4v) is 3.96. The van der Waals surface area contributed by atoms with Crippen molar-refractivity contribution < 1.29 is 9.53 Å². The van der Waals surface area contributed by atoms with Crippen LogP contribution in [0.4, 0.5) is 0 Å². The lowest BCUT2D eigenvalue weighted by Gasteiger charge is -2.49. The topological polar surface area (TPSA) is 100 Å². The number of likely N-dealkylation sites (tertiary alicyclic amines) is 1. The van der Waals surface area contributed by atoms with Crippen molar-refractivity contribution in [2.24, 2.45) is 0 Å². The fraction of sp³-hybridized carbons (Fsp3) is 0.391. The molecule has 0 bridgehead atoms. The first-order valence-corrected chi connectivity index (χ1v) is 10.5. The normalized spacial score (nSPS) is 19.6. The second kappa shape index (κ2) is 8.47. The van der Waals surface area contributed by atoms with Crippen LogP contribution in [0.25, 0.3) is 11.0 Å². The monoisotopic (exact) mass is 421 g/mol. The third-order valence-electron chi connectivity index (χ3n) is 6.09. The van der Waals surface area contributed by atoms with E-state index in [1.807, 2.05) is 25.3 Å². The van der Waals surface area contributed by atoms with Gasteiger partial charge in [0.05, 0.1) is 17.2 Å². The van der Waals surface area contributed by atoms with Gasteiger partial charge < -0.3 is 15.0 Å². The summed E-state index contributed by atoms with van der Waals surface area (Å²) in [6, 6.07) is 7.63. The molecule has 1 amide bonds. The summed E-state index contributed by atoms with van der Waals surface area (Å²) in [5, 5.41) is 2.55. The van der Waals surface area contributed by atoms with E-state index in [2.05, 4.69) is 39.0 Å². The van der Waals surface area contributed by atoms with Crippen LogP contribution < -0.4 is 15.6 Å². The van der Waals surface area contributed by atoms with Crippen molar-refractivity contribution in [3.05, 3.63) is 63.8 Å². The van der Waals surface area contributed by atoms with E-state index in [1.54, 1.807) is 25.4 Å². The largest absolute Gasteiger partial charge is 0.486 e. The van der Waals surface area contributed by atoms with Crippen molar-refractivity contribution in [1.82, 2.24) is 25.2 Å². The van der Waals surface area contributed by atoms with E-state index >= 15 is 0 Å². The molecule has 1 aliphatic rings. The van der Waals surface area contributed by atoms with Gasteiger partial charge in [0.2, 0.25) is 0 Å². The second-order valence-corrected chi connectivity index (χ2v) is 7.91. The summed E-state index contributed by atoms with van der Waals surface area (Å²) < 4.78 is 6.06. The average Bonchev–Trinajstić information content (AvgIpc) is 2.79. The Bertz CT molecular complexity index is 1160. The maximum Gasteiger partial charge on any atom is 0.269 e. The van der Waals surface area contributed by atoms with E-state index in [1.165, 1.54) is 0 Å². The molecule has 1 saturated heterocycles. The highest BCUT2D eigenvalue weighted by Gasteiger charge is 2.40. The minimum absolute atomic E-state index is 0.0374. The first-order chi connectivity index (χ1) is 14.9. The molecule has 31 heavy (non-hydrogen) atoms. The van der Waals surface area contributed by atoms with Crippen molar-refractivity contribution in [2.75, 3.05) is 13.6 Å². The third-order valence-corrected chi connectivity index (χ3v) is 6.09. The quantitative estimate of drug-likeness (QED) is 0.634. The van der Waals surface area contributed by atoms with Gasteiger partial charge in [-0.2, -0.15) is 0 Å². The molecule has 162 valence electrons. The van der Waals surface area contributed by atoms with E-state index < -0.39 is 0 Å². The first-order valence-electron chi connectivity index (χ1n) is 10.5. The number of rotatable bonds is 6. The zero-order chi connectivity index (χ0) is 22.1. The van der Waals surface area contributed by atoms with Gasteiger partial charge >= 0.3 is 0 Å². The molecule has 0 aromatic carbocycles. The number of nitrogens with one attached hydrogen (secondary N) is 2. The van der Waals surface area contributed by atoms with E-state index in [-0.39, 0.29) is 29.7 Å². The molecular formula is C23H27N5O3. The Kier molecular flexibility index (Phi) is 5.73. The van der Waals surface area contributed by atoms with Crippen LogP contribution in [0, 0.1) is 0 Å². The van der Waals surface area contributed by atoms with Crippen molar-refractivity contribution in [3.8, 4) is 5.75 Å². The number of ether oxygens (including phenoxy) is 1. The molecule has 0 saturated carbocycles. The summed E-state index contributed by atoms with van der Waals surface area (Å²) in [6.07, 6.45) is 4.18. The van der Waals surface area contributed by atoms with Gasteiger partial charge in [-0.05, 0) is 50.1 Å². The van der Waals surface area contributed by atoms with Crippen LogP contribution >= 0.6 is 0 Å². The van der Waals surface area contributed by atoms with Crippen LogP contribution in [0.15, 0.2) is 41.5 Å². The van der Waals surface area contributed by atoms with Crippen LogP contribution in [-0.2, 0) is 6.42 Å². The average molecular weight is 422 g/mol. The molecule has 4 heterocycles. The number of fused-ring (bicyclic) bond motifs is 1. The number of hydrogen-bond donors (Lipinski definition) is 2. The van der Waals surface area contributed by atoms with Gasteiger partial charge in [0.15, 0.2) is 0 Å². The summed E-state index contributed by atoms with van der Waals surface area (Å²) in [6.45, 7) is 6.99. The molecule has 3 atom stereocenters. The highest BCUT2D eigenvalue weighted by molar-refractivity contribution is 5.92. The number of H-pyrrole nitrogens is 1. The van der Waals surface area contributed by atoms with E-state index in [9.17, 15) is 9.59 Å². The van der Waals surface area contributed by atoms with Gasteiger partial charge in [-0.3, -0.25) is 19.5 Å². The molecule has 0 radical (unpaired) electrons. The van der Waals surface area contributed by atoms with Crippen molar-refractivity contribution in [3.63, 3.8) is 0 Å². The van der Waals surface area contributed by atoms with Crippen LogP contribution in [-0.4, -0.2) is 51.5 Å². The zero-order valence-electron chi connectivity index (χ0n) is 18.2. The highest BCUT2D eigenvalue weighted by Crippen LogP contribution is 2.33. The van der Waals surface area contributed by atoms with Gasteiger partial charge in [0.1, 0.15) is 17.5 Å². The summed E-state index contributed by atoms with van der Waals surface area (Å²) in [7, 11) is 1.57. The maximum absolute atomic E-state index is 12.2. The minimum Gasteiger partial charge on any atom is -0.486 e. The molecule has 0 unspecified atom stereocenters. The summed E-state index contributed by atoms with van der Waals surface area (Å²) in [4.78, 5) is 37.8. The molecule has 2 N–H and O–H groups in total. The fourth-order valence-electron chi connectivity index (χ4n) is 3.96. The predicted molar refractivity (Wildman–Crippen MR) is 118 cm³/mol. The summed E-state index contributed by atoms with van der Waals surface area (Å²) >= 11 is 0. The molecule has 0 spiro atoms. The highest BCUT2D eigenvalue weighted by atomic mass is 16.5. The number of hydrogen-bond acceptors (Lipinski definition) is 6. The maximum atomic E-state index is 12.2. The van der Waals surface area contributed by atoms with Crippen molar-refractivity contribution >= 4 is 16.9 Å². The Balaban J connectivity index is 1.43. The second-order valence-electron chi connectivity index (χ2n) is 7.91. The third kappa shape index (κ3) is 4.03. The molecular weight excluding hydrogens is 394 g/mol. The Morgan fingerprint density at radius 3 is 2.77 bits per heavy atom. The van der Waals surface area contributed by atoms with Gasteiger partial charge in [0, 0.05) is 37.4 Å². The lowest BCUT2D eigenvalue weighted by atomic mass is 9.95. The molecule has 3 aromatic rings. The smallest absolute Gasteiger partial charge is 0.269 e. The van der Waals surface area contributed by atoms with Gasteiger partial charge in [-0.25, -0.2) is 4.98 Å². The molecule has 8 nitrogen and oxygen atoms in total. The number of nitrogens with zero attached hydrogens (tertiary/aromatic N) is 3. The van der Waals surface area contributed by atoms with Gasteiger partial charge in [0.25, 0.3) is 11.5 Å². The minimum atomic E-state index is -0.222. The van der Waals surface area contributed by atoms with Crippen LogP contribution in [0.3, 0.4) is 0 Å². The number of aryl methyl sites for hydroxylation is 1. The van der Waals surface area contributed by atoms with E-state index in [4.69, 9.17) is 4.74 Å². The molecule has 1 fully saturated rings. The Labute approximate surface area is 180 Å². The SMILES string of the molecule is CCc1cc2ncc([C@@H](C)N3C[C@H](Oc4ccc(C(=O)NC)nc4)[C@H]3C)cc2[nH]c1=O. The first kappa shape index (κ1) is 21.0. The number of pyridine rings is 3. The molecule has 0 aliphatic carbocycles. The predicted octanol–water partition coefficient (Wildman–Crippen LogP) is 2.45. The van der Waals surface area contributed by atoms with Gasteiger partial charge in [-0.1, -0.05) is 6.92 Å². The lowest BCUT2D eigenvalue weighted by Crippen LogP contribution is -2.61. The number of amides is 1. The standard InChI is InChI=1S/C23H27N5O3/c1-5-15-8-19-20(27-22(15)29)9-16(10-25-19)13(2)28-12-21(14(28)3)31-17-6-7-18(26-11-17)23(30)24-4/h6-11,13-14,21H,5,12H2,1-4H3,(H,24,30)(H,27,29)/t13-,14-,21+/m1/s1. The van der Waals surface area contributed by atoms with E-state index in [0.29, 0.717) is 17.9 Å². The van der Waals surface area contributed by atoms with Crippen molar-refractivity contribution in [1.29, 1.82) is 0 Å². The number of aromatic amines is 1.